The van der Waals surface area contributed by atoms with Crippen LogP contribution in [0.5, 0.6) is 0 Å². The molecule has 1 aromatic rings. The molecule has 7 heteroatoms. The molecule has 1 aliphatic carbocycles. The van der Waals surface area contributed by atoms with E-state index in [1.165, 1.54) is 0 Å². The standard InChI is InChI=1S/C25H35FN2O4/c1-5-18-12-20-17(10-16(22(29)30)11-21(20)26)15-28(18)19-13-25(14-19)6-8-27(9-7-25)23(31)32-24(2,3)4/h10-11,18-19H,5-9,12-15H2,1-4H3,(H,29,30)/t18-/m1/s1. The molecule has 6 nitrogen and oxygen atoms in total. The highest BCUT2D eigenvalue weighted by atomic mass is 19.1. The Morgan fingerprint density at radius 1 is 1.22 bits per heavy atom. The molecule has 0 unspecified atom stereocenters. The molecular weight excluding hydrogens is 411 g/mol. The van der Waals surface area contributed by atoms with E-state index in [0.717, 1.165) is 56.8 Å². The molecule has 32 heavy (non-hydrogen) atoms. The third-order valence-electron chi connectivity index (χ3n) is 7.55. The lowest BCUT2D eigenvalue weighted by Crippen LogP contribution is -2.58. The number of piperidine rings is 1. The van der Waals surface area contributed by atoms with E-state index in [0.29, 0.717) is 24.6 Å². The average molecular weight is 447 g/mol. The number of hydrogen-bond acceptors (Lipinski definition) is 4. The van der Waals surface area contributed by atoms with Gasteiger partial charge in [-0.2, -0.15) is 0 Å². The van der Waals surface area contributed by atoms with Crippen LogP contribution in [0.2, 0.25) is 0 Å². The molecule has 0 aromatic heterocycles. The van der Waals surface area contributed by atoms with E-state index < -0.39 is 17.4 Å². The minimum atomic E-state index is -1.09. The zero-order valence-electron chi connectivity index (χ0n) is 19.6. The fourth-order valence-electron chi connectivity index (χ4n) is 5.74. The van der Waals surface area contributed by atoms with Gasteiger partial charge in [0.1, 0.15) is 11.4 Å². The second kappa shape index (κ2) is 8.32. The molecule has 0 bridgehead atoms. The molecule has 1 saturated carbocycles. The van der Waals surface area contributed by atoms with Crippen molar-refractivity contribution in [3.63, 3.8) is 0 Å². The molecule has 1 saturated heterocycles. The average Bonchev–Trinajstić information content (AvgIpc) is 2.69. The summed E-state index contributed by atoms with van der Waals surface area (Å²) in [6.45, 7) is 9.87. The number of carbonyl (C=O) groups is 2. The Kier molecular flexibility index (Phi) is 5.99. The maximum atomic E-state index is 14.6. The largest absolute Gasteiger partial charge is 0.478 e. The molecule has 1 atom stereocenters. The van der Waals surface area contributed by atoms with Crippen molar-refractivity contribution in [1.29, 1.82) is 0 Å². The van der Waals surface area contributed by atoms with E-state index in [2.05, 4.69) is 11.8 Å². The Labute approximate surface area is 189 Å². The van der Waals surface area contributed by atoms with Crippen LogP contribution in [-0.2, 0) is 17.7 Å². The SMILES string of the molecule is CC[C@@H]1Cc2c(F)cc(C(=O)O)cc2CN1C1CC2(CCN(C(=O)OC(C)(C)C)CC2)C1. The summed E-state index contributed by atoms with van der Waals surface area (Å²) < 4.78 is 20.1. The lowest BCUT2D eigenvalue weighted by atomic mass is 9.59. The van der Waals surface area contributed by atoms with Gasteiger partial charge in [0.15, 0.2) is 0 Å². The molecule has 1 aromatic carbocycles. The summed E-state index contributed by atoms with van der Waals surface area (Å²) in [6, 6.07) is 3.50. The van der Waals surface area contributed by atoms with Gasteiger partial charge in [-0.1, -0.05) is 6.92 Å². The van der Waals surface area contributed by atoms with Gasteiger partial charge < -0.3 is 14.7 Å². The first-order chi connectivity index (χ1) is 15.0. The molecule has 1 amide bonds. The molecule has 176 valence electrons. The molecular formula is C25H35FN2O4. The number of likely N-dealkylation sites (tertiary alicyclic amines) is 1. The van der Waals surface area contributed by atoms with E-state index in [1.54, 1.807) is 6.07 Å². The van der Waals surface area contributed by atoms with E-state index in [1.807, 2.05) is 25.7 Å². The summed E-state index contributed by atoms with van der Waals surface area (Å²) in [6.07, 6.45) is 5.49. The van der Waals surface area contributed by atoms with E-state index in [9.17, 15) is 19.1 Å². The highest BCUT2D eigenvalue weighted by Crippen LogP contribution is 2.52. The van der Waals surface area contributed by atoms with Gasteiger partial charge in [-0.05, 0) is 88.0 Å². The highest BCUT2D eigenvalue weighted by molar-refractivity contribution is 5.88. The number of fused-ring (bicyclic) bond motifs is 1. The third kappa shape index (κ3) is 4.49. The predicted molar refractivity (Wildman–Crippen MR) is 119 cm³/mol. The number of carboxylic acids is 1. The smallest absolute Gasteiger partial charge is 0.410 e. The molecule has 1 N–H and O–H groups in total. The summed E-state index contributed by atoms with van der Waals surface area (Å²) in [5.74, 6) is -1.48. The van der Waals surface area contributed by atoms with Gasteiger partial charge in [-0.25, -0.2) is 14.0 Å². The number of carbonyl (C=O) groups excluding carboxylic acids is 1. The van der Waals surface area contributed by atoms with Gasteiger partial charge >= 0.3 is 12.1 Å². The van der Waals surface area contributed by atoms with Gasteiger partial charge in [-0.15, -0.1) is 0 Å². The number of hydrogen-bond donors (Lipinski definition) is 1. The Bertz CT molecular complexity index is 894. The molecule has 2 aliphatic heterocycles. The number of benzene rings is 1. The van der Waals surface area contributed by atoms with Crippen LogP contribution in [0.1, 0.15) is 81.3 Å². The number of halogens is 1. The predicted octanol–water partition coefficient (Wildman–Crippen LogP) is 4.84. The quantitative estimate of drug-likeness (QED) is 0.719. The lowest BCUT2D eigenvalue weighted by Gasteiger charge is -2.57. The normalized spacial score (nSPS) is 23.5. The van der Waals surface area contributed by atoms with Gasteiger partial charge in [0.2, 0.25) is 0 Å². The number of rotatable bonds is 3. The Hall–Kier alpha value is -2.15. The van der Waals surface area contributed by atoms with Crippen LogP contribution in [0.15, 0.2) is 12.1 Å². The molecule has 1 spiro atoms. The van der Waals surface area contributed by atoms with Crippen molar-refractivity contribution in [3.05, 3.63) is 34.6 Å². The lowest BCUT2D eigenvalue weighted by molar-refractivity contribution is -0.0658. The van der Waals surface area contributed by atoms with Gasteiger partial charge in [0.25, 0.3) is 0 Å². The van der Waals surface area contributed by atoms with Gasteiger partial charge in [0.05, 0.1) is 5.56 Å². The van der Waals surface area contributed by atoms with Crippen molar-refractivity contribution in [3.8, 4) is 0 Å². The van der Waals surface area contributed by atoms with Crippen molar-refractivity contribution in [2.45, 2.75) is 90.4 Å². The maximum Gasteiger partial charge on any atom is 0.410 e. The summed E-state index contributed by atoms with van der Waals surface area (Å²) in [7, 11) is 0. The number of nitrogens with zero attached hydrogens (tertiary/aromatic N) is 2. The Morgan fingerprint density at radius 3 is 2.44 bits per heavy atom. The molecule has 0 radical (unpaired) electrons. The van der Waals surface area contributed by atoms with Crippen molar-refractivity contribution >= 4 is 12.1 Å². The highest BCUT2D eigenvalue weighted by Gasteiger charge is 2.50. The number of amides is 1. The summed E-state index contributed by atoms with van der Waals surface area (Å²) in [5, 5.41) is 9.31. The maximum absolute atomic E-state index is 14.6. The van der Waals surface area contributed by atoms with Gasteiger partial charge in [-0.3, -0.25) is 4.90 Å². The van der Waals surface area contributed by atoms with Crippen molar-refractivity contribution < 1.29 is 23.8 Å². The third-order valence-corrected chi connectivity index (χ3v) is 7.55. The molecule has 3 aliphatic rings. The summed E-state index contributed by atoms with van der Waals surface area (Å²) in [5.41, 5.74) is 1.31. The van der Waals surface area contributed by atoms with Crippen LogP contribution in [0.25, 0.3) is 0 Å². The monoisotopic (exact) mass is 446 g/mol. The fourth-order valence-corrected chi connectivity index (χ4v) is 5.74. The minimum Gasteiger partial charge on any atom is -0.478 e. The van der Waals surface area contributed by atoms with Crippen LogP contribution in [0.3, 0.4) is 0 Å². The van der Waals surface area contributed by atoms with Crippen molar-refractivity contribution in [2.75, 3.05) is 13.1 Å². The zero-order valence-corrected chi connectivity index (χ0v) is 19.6. The first-order valence-corrected chi connectivity index (χ1v) is 11.8. The van der Waals surface area contributed by atoms with E-state index >= 15 is 0 Å². The second-order valence-electron chi connectivity index (χ2n) is 10.9. The number of ether oxygens (including phenoxy) is 1. The topological polar surface area (TPSA) is 70.1 Å². The van der Waals surface area contributed by atoms with Crippen molar-refractivity contribution in [2.24, 2.45) is 5.41 Å². The van der Waals surface area contributed by atoms with Crippen LogP contribution in [0.4, 0.5) is 9.18 Å². The Morgan fingerprint density at radius 2 is 1.88 bits per heavy atom. The van der Waals surface area contributed by atoms with Gasteiger partial charge in [0, 0.05) is 31.7 Å². The van der Waals surface area contributed by atoms with Crippen LogP contribution >= 0.6 is 0 Å². The number of carboxylic acid groups (broad SMARTS) is 1. The number of aromatic carboxylic acids is 1. The first kappa shape index (κ1) is 23.0. The fraction of sp³-hybridized carbons (Fsp3) is 0.680. The summed E-state index contributed by atoms with van der Waals surface area (Å²) in [4.78, 5) is 28.0. The van der Waals surface area contributed by atoms with Crippen molar-refractivity contribution in [1.82, 2.24) is 9.80 Å². The summed E-state index contributed by atoms with van der Waals surface area (Å²) >= 11 is 0. The van der Waals surface area contributed by atoms with Crippen LogP contribution < -0.4 is 0 Å². The van der Waals surface area contributed by atoms with E-state index in [-0.39, 0.29) is 23.1 Å². The minimum absolute atomic E-state index is 0.0238. The first-order valence-electron chi connectivity index (χ1n) is 11.8. The van der Waals surface area contributed by atoms with E-state index in [4.69, 9.17) is 4.74 Å². The molecule has 2 fully saturated rings. The second-order valence-corrected chi connectivity index (χ2v) is 10.9. The van der Waals surface area contributed by atoms with Crippen LogP contribution in [-0.4, -0.2) is 57.7 Å². The zero-order chi connectivity index (χ0) is 23.3. The van der Waals surface area contributed by atoms with Crippen LogP contribution in [0, 0.1) is 11.2 Å². The molecule has 2 heterocycles. The molecule has 4 rings (SSSR count). The Balaban J connectivity index is 1.39.